The van der Waals surface area contributed by atoms with Gasteiger partial charge in [-0.2, -0.15) is 0 Å². The summed E-state index contributed by atoms with van der Waals surface area (Å²) in [5.74, 6) is 0.890. The van der Waals surface area contributed by atoms with E-state index in [0.29, 0.717) is 17.6 Å². The maximum Gasteiger partial charge on any atom is 0.283 e. The molecule has 0 saturated heterocycles. The van der Waals surface area contributed by atoms with Gasteiger partial charge in [0.1, 0.15) is 10.3 Å². The fourth-order valence-electron chi connectivity index (χ4n) is 1.82. The molecule has 1 aromatic heterocycles. The number of aromatic nitrogens is 2. The van der Waals surface area contributed by atoms with Crippen molar-refractivity contribution in [2.24, 2.45) is 0 Å². The van der Waals surface area contributed by atoms with E-state index in [2.05, 4.69) is 26.2 Å². The molecule has 100 valence electrons. The van der Waals surface area contributed by atoms with Crippen LogP contribution in [0.5, 0.6) is 0 Å². The molecule has 1 aromatic carbocycles. The Morgan fingerprint density at radius 2 is 2.32 bits per heavy atom. The Kier molecular flexibility index (Phi) is 4.28. The fraction of sp³-hybridized carbons (Fsp3) is 0.250. The lowest BCUT2D eigenvalue weighted by Crippen LogP contribution is -2.13. The number of imidazole rings is 1. The van der Waals surface area contributed by atoms with Crippen molar-refractivity contribution in [3.05, 3.63) is 56.6 Å². The van der Waals surface area contributed by atoms with Gasteiger partial charge in [0.05, 0.1) is 18.0 Å². The van der Waals surface area contributed by atoms with E-state index >= 15 is 0 Å². The Balaban J connectivity index is 2.31. The molecule has 0 amide bonds. The van der Waals surface area contributed by atoms with Crippen LogP contribution >= 0.6 is 15.9 Å². The van der Waals surface area contributed by atoms with Gasteiger partial charge in [-0.1, -0.05) is 12.1 Å². The van der Waals surface area contributed by atoms with Crippen LogP contribution in [0.2, 0.25) is 0 Å². The summed E-state index contributed by atoms with van der Waals surface area (Å²) >= 11 is 3.30. The summed E-state index contributed by atoms with van der Waals surface area (Å²) in [5, 5.41) is 13.9. The SMILES string of the molecule is CNCc1nccn1Cc1cccc([N+](=O)[O-])c1Br. The summed E-state index contributed by atoms with van der Waals surface area (Å²) < 4.78 is 2.48. The molecule has 7 heteroatoms. The van der Waals surface area contributed by atoms with E-state index < -0.39 is 4.92 Å². The highest BCUT2D eigenvalue weighted by molar-refractivity contribution is 9.10. The molecule has 1 heterocycles. The largest absolute Gasteiger partial charge is 0.329 e. The summed E-state index contributed by atoms with van der Waals surface area (Å²) in [6.07, 6.45) is 3.58. The van der Waals surface area contributed by atoms with Gasteiger partial charge in [-0.05, 0) is 28.5 Å². The highest BCUT2D eigenvalue weighted by Crippen LogP contribution is 2.28. The molecule has 0 atom stereocenters. The van der Waals surface area contributed by atoms with Gasteiger partial charge in [0.2, 0.25) is 0 Å². The van der Waals surface area contributed by atoms with Crippen molar-refractivity contribution in [2.75, 3.05) is 7.05 Å². The van der Waals surface area contributed by atoms with Gasteiger partial charge in [-0.25, -0.2) is 4.98 Å². The second-order valence-corrected chi connectivity index (χ2v) is 4.80. The zero-order chi connectivity index (χ0) is 13.8. The molecule has 0 saturated carbocycles. The average molecular weight is 325 g/mol. The van der Waals surface area contributed by atoms with E-state index in [4.69, 9.17) is 0 Å². The van der Waals surface area contributed by atoms with E-state index in [0.717, 1.165) is 11.4 Å². The van der Waals surface area contributed by atoms with Crippen LogP contribution in [0.15, 0.2) is 35.1 Å². The smallest absolute Gasteiger partial charge is 0.283 e. The second-order valence-electron chi connectivity index (χ2n) is 4.01. The van der Waals surface area contributed by atoms with Crippen LogP contribution in [0.1, 0.15) is 11.4 Å². The predicted octanol–water partition coefficient (Wildman–Crippen LogP) is 2.32. The minimum Gasteiger partial charge on any atom is -0.329 e. The van der Waals surface area contributed by atoms with Crippen LogP contribution in [-0.2, 0) is 13.1 Å². The average Bonchev–Trinajstić information content (AvgIpc) is 2.79. The van der Waals surface area contributed by atoms with Crippen molar-refractivity contribution in [3.8, 4) is 0 Å². The predicted molar refractivity (Wildman–Crippen MR) is 74.9 cm³/mol. The minimum atomic E-state index is -0.393. The number of nitro benzene ring substituents is 1. The molecule has 2 aromatic rings. The third kappa shape index (κ3) is 2.99. The van der Waals surface area contributed by atoms with Crippen molar-refractivity contribution in [3.63, 3.8) is 0 Å². The van der Waals surface area contributed by atoms with E-state index in [1.165, 1.54) is 6.07 Å². The molecule has 19 heavy (non-hydrogen) atoms. The highest BCUT2D eigenvalue weighted by Gasteiger charge is 2.15. The quantitative estimate of drug-likeness (QED) is 0.676. The maximum atomic E-state index is 10.9. The Hall–Kier alpha value is -1.73. The molecule has 0 fully saturated rings. The van der Waals surface area contributed by atoms with Gasteiger partial charge in [-0.3, -0.25) is 10.1 Å². The number of halogens is 1. The first kappa shape index (κ1) is 13.7. The zero-order valence-corrected chi connectivity index (χ0v) is 11.9. The molecule has 0 aliphatic heterocycles. The number of hydrogen-bond donors (Lipinski definition) is 1. The maximum absolute atomic E-state index is 10.9. The Bertz CT molecular complexity index is 597. The molecule has 1 N–H and O–H groups in total. The van der Waals surface area contributed by atoms with Crippen molar-refractivity contribution in [2.45, 2.75) is 13.1 Å². The van der Waals surface area contributed by atoms with Gasteiger partial charge < -0.3 is 9.88 Å². The number of nitrogens with one attached hydrogen (secondary N) is 1. The van der Waals surface area contributed by atoms with Gasteiger partial charge in [0.25, 0.3) is 5.69 Å². The lowest BCUT2D eigenvalue weighted by Gasteiger charge is -2.09. The van der Waals surface area contributed by atoms with Crippen LogP contribution in [-0.4, -0.2) is 21.5 Å². The first-order valence-corrected chi connectivity index (χ1v) is 6.49. The zero-order valence-electron chi connectivity index (χ0n) is 10.3. The summed E-state index contributed by atoms with van der Waals surface area (Å²) in [5.41, 5.74) is 0.928. The Morgan fingerprint density at radius 3 is 3.00 bits per heavy atom. The lowest BCUT2D eigenvalue weighted by atomic mass is 10.2. The van der Waals surface area contributed by atoms with Crippen LogP contribution in [0, 0.1) is 10.1 Å². The number of nitrogens with zero attached hydrogens (tertiary/aromatic N) is 3. The molecule has 6 nitrogen and oxygen atoms in total. The third-order valence-electron chi connectivity index (χ3n) is 2.73. The molecule has 0 unspecified atom stereocenters. The summed E-state index contributed by atoms with van der Waals surface area (Å²) in [7, 11) is 1.85. The summed E-state index contributed by atoms with van der Waals surface area (Å²) in [6.45, 7) is 1.19. The van der Waals surface area contributed by atoms with Crippen molar-refractivity contribution in [1.82, 2.24) is 14.9 Å². The number of benzene rings is 1. The number of nitro groups is 1. The van der Waals surface area contributed by atoms with E-state index in [1.807, 2.05) is 23.9 Å². The minimum absolute atomic E-state index is 0.0766. The topological polar surface area (TPSA) is 73.0 Å². The van der Waals surface area contributed by atoms with Gasteiger partial charge in [0.15, 0.2) is 0 Å². The van der Waals surface area contributed by atoms with Crippen molar-refractivity contribution in [1.29, 1.82) is 0 Å². The molecular weight excluding hydrogens is 312 g/mol. The summed E-state index contributed by atoms with van der Waals surface area (Å²) in [6, 6.07) is 5.03. The monoisotopic (exact) mass is 324 g/mol. The van der Waals surface area contributed by atoms with Crippen LogP contribution in [0.25, 0.3) is 0 Å². The van der Waals surface area contributed by atoms with E-state index in [-0.39, 0.29) is 5.69 Å². The molecule has 2 rings (SSSR count). The van der Waals surface area contributed by atoms with Crippen LogP contribution < -0.4 is 5.32 Å². The van der Waals surface area contributed by atoms with Gasteiger partial charge in [-0.15, -0.1) is 0 Å². The Morgan fingerprint density at radius 1 is 1.53 bits per heavy atom. The van der Waals surface area contributed by atoms with Crippen LogP contribution in [0.3, 0.4) is 0 Å². The first-order valence-electron chi connectivity index (χ1n) is 5.70. The van der Waals surface area contributed by atoms with Gasteiger partial charge >= 0.3 is 0 Å². The molecular formula is C12H13BrN4O2. The van der Waals surface area contributed by atoms with Crippen molar-refractivity contribution >= 4 is 21.6 Å². The second kappa shape index (κ2) is 5.94. The van der Waals surface area contributed by atoms with E-state index in [9.17, 15) is 10.1 Å². The molecule has 0 bridgehead atoms. The molecule has 0 aliphatic carbocycles. The molecule has 0 aliphatic rings. The van der Waals surface area contributed by atoms with Gasteiger partial charge in [0, 0.05) is 18.5 Å². The standard InChI is InChI=1S/C12H13BrN4O2/c1-14-7-11-15-5-6-16(11)8-9-3-2-4-10(12(9)13)17(18)19/h2-6,14H,7-8H2,1H3. The highest BCUT2D eigenvalue weighted by atomic mass is 79.9. The molecule has 0 spiro atoms. The van der Waals surface area contributed by atoms with E-state index in [1.54, 1.807) is 12.3 Å². The first-order chi connectivity index (χ1) is 9.13. The fourth-order valence-corrected chi connectivity index (χ4v) is 2.36. The number of hydrogen-bond acceptors (Lipinski definition) is 4. The normalized spacial score (nSPS) is 10.6. The lowest BCUT2D eigenvalue weighted by molar-refractivity contribution is -0.385. The number of rotatable bonds is 5. The van der Waals surface area contributed by atoms with Crippen molar-refractivity contribution < 1.29 is 4.92 Å². The van der Waals surface area contributed by atoms with Crippen LogP contribution in [0.4, 0.5) is 5.69 Å². The Labute approximate surface area is 118 Å². The summed E-state index contributed by atoms with van der Waals surface area (Å²) in [4.78, 5) is 14.7. The third-order valence-corrected chi connectivity index (χ3v) is 3.65. The molecule has 0 radical (unpaired) electrons.